The third kappa shape index (κ3) is 1.54. The van der Waals surface area contributed by atoms with Gasteiger partial charge in [0.25, 0.3) is 0 Å². The van der Waals surface area contributed by atoms with Gasteiger partial charge in [-0.2, -0.15) is 0 Å². The number of carbonyl (C=O) groups is 2. The highest BCUT2D eigenvalue weighted by molar-refractivity contribution is 5.66. The van der Waals surface area contributed by atoms with Gasteiger partial charge in [-0.3, -0.25) is 9.59 Å². The van der Waals surface area contributed by atoms with E-state index in [0.29, 0.717) is 35.5 Å². The molecule has 4 aliphatic carbocycles. The Hall–Kier alpha value is -1.06. The van der Waals surface area contributed by atoms with Crippen molar-refractivity contribution in [1.29, 1.82) is 0 Å². The van der Waals surface area contributed by atoms with Gasteiger partial charge in [0.1, 0.15) is 12.2 Å². The molecule has 4 unspecified atom stereocenters. The average Bonchev–Trinajstić information content (AvgIpc) is 3.03. The van der Waals surface area contributed by atoms with Crippen molar-refractivity contribution in [2.45, 2.75) is 51.7 Å². The highest BCUT2D eigenvalue weighted by atomic mass is 16.5. The number of esters is 2. The molecule has 0 aliphatic heterocycles. The lowest BCUT2D eigenvalue weighted by molar-refractivity contribution is -0.151. The molecule has 4 aliphatic rings. The van der Waals surface area contributed by atoms with Gasteiger partial charge in [0.2, 0.25) is 0 Å². The lowest BCUT2D eigenvalue weighted by atomic mass is 9.90. The van der Waals surface area contributed by atoms with Crippen LogP contribution in [-0.4, -0.2) is 24.1 Å². The zero-order valence-electron chi connectivity index (χ0n) is 12.1. The normalized spacial score (nSPS) is 51.1. The van der Waals surface area contributed by atoms with Crippen LogP contribution in [0.2, 0.25) is 0 Å². The topological polar surface area (TPSA) is 52.6 Å². The Bertz CT molecular complexity index is 393. The van der Waals surface area contributed by atoms with Crippen molar-refractivity contribution in [3.05, 3.63) is 0 Å². The predicted molar refractivity (Wildman–Crippen MR) is 70.5 cm³/mol. The molecular formula is C16H22O4. The van der Waals surface area contributed by atoms with Crippen molar-refractivity contribution in [3.8, 4) is 0 Å². The highest BCUT2D eigenvalue weighted by Crippen LogP contribution is 2.68. The zero-order chi connectivity index (χ0) is 14.0. The number of ether oxygens (including phenoxy) is 2. The maximum atomic E-state index is 11.4. The molecular weight excluding hydrogens is 256 g/mol. The second-order valence-electron chi connectivity index (χ2n) is 7.11. The Kier molecular flexibility index (Phi) is 2.67. The smallest absolute Gasteiger partial charge is 0.302 e. The first-order valence-electron chi connectivity index (χ1n) is 7.92. The first-order valence-corrected chi connectivity index (χ1v) is 7.92. The SMILES string of the molecule is CC(=O)OC1[C@H]2CC[C@H]3C(OC(C)=O)[C@@H]4CC[C@@H]1C4C23. The van der Waals surface area contributed by atoms with E-state index in [-0.39, 0.29) is 24.1 Å². The fraction of sp³-hybridized carbons (Fsp3) is 0.875. The molecule has 110 valence electrons. The van der Waals surface area contributed by atoms with E-state index in [1.807, 2.05) is 0 Å². The molecule has 0 aromatic rings. The molecule has 4 saturated carbocycles. The van der Waals surface area contributed by atoms with Crippen LogP contribution in [0, 0.1) is 35.5 Å². The molecule has 0 amide bonds. The summed E-state index contributed by atoms with van der Waals surface area (Å²) in [7, 11) is 0. The number of hydrogen-bond acceptors (Lipinski definition) is 4. The van der Waals surface area contributed by atoms with Crippen molar-refractivity contribution in [2.75, 3.05) is 0 Å². The van der Waals surface area contributed by atoms with Crippen LogP contribution in [0.5, 0.6) is 0 Å². The van der Waals surface area contributed by atoms with Gasteiger partial charge in [0.15, 0.2) is 0 Å². The predicted octanol–water partition coefficient (Wildman–Crippen LogP) is 2.16. The van der Waals surface area contributed by atoms with E-state index in [9.17, 15) is 9.59 Å². The van der Waals surface area contributed by atoms with Gasteiger partial charge in [-0.1, -0.05) is 0 Å². The number of carbonyl (C=O) groups excluding carboxylic acids is 2. The van der Waals surface area contributed by atoms with Crippen LogP contribution < -0.4 is 0 Å². The van der Waals surface area contributed by atoms with E-state index < -0.39 is 0 Å². The van der Waals surface area contributed by atoms with Gasteiger partial charge in [-0.25, -0.2) is 0 Å². The van der Waals surface area contributed by atoms with Gasteiger partial charge in [-0.05, 0) is 61.2 Å². The largest absolute Gasteiger partial charge is 0.462 e. The lowest BCUT2D eigenvalue weighted by Gasteiger charge is -2.24. The molecule has 0 radical (unpaired) electrons. The van der Waals surface area contributed by atoms with Crippen LogP contribution in [0.1, 0.15) is 39.5 Å². The first kappa shape index (κ1) is 12.7. The second kappa shape index (κ2) is 4.22. The van der Waals surface area contributed by atoms with Gasteiger partial charge in [-0.15, -0.1) is 0 Å². The molecule has 0 heterocycles. The van der Waals surface area contributed by atoms with E-state index >= 15 is 0 Å². The summed E-state index contributed by atoms with van der Waals surface area (Å²) in [6.45, 7) is 3.04. The first-order chi connectivity index (χ1) is 9.58. The third-order valence-electron chi connectivity index (χ3n) is 6.38. The Morgan fingerprint density at radius 1 is 0.700 bits per heavy atom. The van der Waals surface area contributed by atoms with Gasteiger partial charge in [0, 0.05) is 13.8 Å². The summed E-state index contributed by atoms with van der Waals surface area (Å²) in [4.78, 5) is 22.8. The Labute approximate surface area is 119 Å². The van der Waals surface area contributed by atoms with Crippen LogP contribution in [0.3, 0.4) is 0 Å². The molecule has 4 fully saturated rings. The average molecular weight is 278 g/mol. The molecule has 20 heavy (non-hydrogen) atoms. The maximum absolute atomic E-state index is 11.4. The van der Waals surface area contributed by atoms with Crippen LogP contribution >= 0.6 is 0 Å². The van der Waals surface area contributed by atoms with Crippen molar-refractivity contribution in [3.63, 3.8) is 0 Å². The fourth-order valence-corrected chi connectivity index (χ4v) is 6.22. The molecule has 0 aromatic heterocycles. The molecule has 8 atom stereocenters. The summed E-state index contributed by atoms with van der Waals surface area (Å²) in [6.07, 6.45) is 4.79. The summed E-state index contributed by atoms with van der Waals surface area (Å²) >= 11 is 0. The van der Waals surface area contributed by atoms with Gasteiger partial charge >= 0.3 is 11.9 Å². The Morgan fingerprint density at radius 2 is 1.00 bits per heavy atom. The molecule has 0 spiro atoms. The molecule has 0 saturated heterocycles. The number of hydrogen-bond donors (Lipinski definition) is 0. The zero-order valence-corrected chi connectivity index (χ0v) is 12.1. The lowest BCUT2D eigenvalue weighted by Crippen LogP contribution is -2.30. The van der Waals surface area contributed by atoms with E-state index in [2.05, 4.69) is 0 Å². The molecule has 0 aromatic carbocycles. The van der Waals surface area contributed by atoms with Gasteiger partial charge < -0.3 is 9.47 Å². The van der Waals surface area contributed by atoms with Crippen molar-refractivity contribution in [1.82, 2.24) is 0 Å². The minimum atomic E-state index is -0.140. The monoisotopic (exact) mass is 278 g/mol. The molecule has 4 heteroatoms. The van der Waals surface area contributed by atoms with E-state index in [0.717, 1.165) is 25.7 Å². The Balaban J connectivity index is 1.63. The number of rotatable bonds is 2. The molecule has 4 rings (SSSR count). The van der Waals surface area contributed by atoms with Crippen LogP contribution in [0.4, 0.5) is 0 Å². The second-order valence-corrected chi connectivity index (χ2v) is 7.11. The van der Waals surface area contributed by atoms with E-state index in [1.165, 1.54) is 13.8 Å². The minimum Gasteiger partial charge on any atom is -0.462 e. The van der Waals surface area contributed by atoms with Crippen LogP contribution in [0.15, 0.2) is 0 Å². The standard InChI is InChI=1S/C16H22O4/c1-7(17)19-15-9-3-5-11-13(9)14-10(15)4-6-12(14)16(11)20-8(2)18/h9-16H,3-6H2,1-2H3/t9-,10-,11-,12+,13?,14?,15?,16?/m1/s1. The van der Waals surface area contributed by atoms with Crippen LogP contribution in [-0.2, 0) is 19.1 Å². The summed E-state index contributed by atoms with van der Waals surface area (Å²) in [5, 5.41) is 0. The van der Waals surface area contributed by atoms with Gasteiger partial charge in [0.05, 0.1) is 0 Å². The quantitative estimate of drug-likeness (QED) is 0.726. The highest BCUT2D eigenvalue weighted by Gasteiger charge is 2.68. The van der Waals surface area contributed by atoms with E-state index in [1.54, 1.807) is 0 Å². The molecule has 0 N–H and O–H groups in total. The summed E-state index contributed by atoms with van der Waals surface area (Å²) in [6, 6.07) is 0. The summed E-state index contributed by atoms with van der Waals surface area (Å²) < 4.78 is 11.4. The summed E-state index contributed by atoms with van der Waals surface area (Å²) in [5.41, 5.74) is 0. The maximum Gasteiger partial charge on any atom is 0.302 e. The van der Waals surface area contributed by atoms with Crippen molar-refractivity contribution >= 4 is 11.9 Å². The Morgan fingerprint density at radius 3 is 1.25 bits per heavy atom. The van der Waals surface area contributed by atoms with Crippen LogP contribution in [0.25, 0.3) is 0 Å². The molecule has 4 nitrogen and oxygen atoms in total. The van der Waals surface area contributed by atoms with Crippen molar-refractivity contribution in [2.24, 2.45) is 35.5 Å². The molecule has 0 bridgehead atoms. The third-order valence-corrected chi connectivity index (χ3v) is 6.38. The summed E-state index contributed by atoms with van der Waals surface area (Å²) in [5.74, 6) is 3.04. The fourth-order valence-electron chi connectivity index (χ4n) is 6.22. The van der Waals surface area contributed by atoms with E-state index in [4.69, 9.17) is 9.47 Å². The minimum absolute atomic E-state index is 0.135. The van der Waals surface area contributed by atoms with Crippen molar-refractivity contribution < 1.29 is 19.1 Å².